The number of halogens is 2. The molecule has 5 heterocycles. The van der Waals surface area contributed by atoms with Crippen LogP contribution in [0.15, 0.2) is 24.4 Å². The highest BCUT2D eigenvalue weighted by Gasteiger charge is 2.45. The molecule has 3 aliphatic heterocycles. The summed E-state index contributed by atoms with van der Waals surface area (Å²) in [4.78, 5) is 23.9. The number of alkyl halides is 2. The van der Waals surface area contributed by atoms with E-state index in [1.54, 1.807) is 10.7 Å². The zero-order valence-corrected chi connectivity index (χ0v) is 23.8. The number of hydrogen-bond donors (Lipinski definition) is 1. The van der Waals surface area contributed by atoms with Gasteiger partial charge in [0.25, 0.3) is 0 Å². The van der Waals surface area contributed by atoms with E-state index in [9.17, 15) is 13.6 Å². The molecular weight excluding hydrogens is 520 g/mol. The van der Waals surface area contributed by atoms with E-state index in [1.165, 1.54) is 6.07 Å². The summed E-state index contributed by atoms with van der Waals surface area (Å²) >= 11 is 0. The first kappa shape index (κ1) is 28.5. The highest BCUT2D eigenvalue weighted by Crippen LogP contribution is 2.38. The van der Waals surface area contributed by atoms with Crippen LogP contribution in [0.4, 0.5) is 19.4 Å². The Hall–Kier alpha value is -2.99. The normalized spacial score (nSPS) is 25.3. The Labute approximate surface area is 234 Å². The average Bonchev–Trinajstić information content (AvgIpc) is 3.57. The summed E-state index contributed by atoms with van der Waals surface area (Å²) in [5.41, 5.74) is 1.36. The Kier molecular flexibility index (Phi) is 8.74. The lowest BCUT2D eigenvalue weighted by atomic mass is 9.98. The fourth-order valence-electron chi connectivity index (χ4n) is 6.19. The number of nitrogens with zero attached hydrogens (tertiary/aromatic N) is 6. The number of ether oxygens (including phenoxy) is 2. The molecule has 2 bridgehead atoms. The third-order valence-electron chi connectivity index (χ3n) is 8.10. The number of rotatable bonds is 10. The molecule has 3 fully saturated rings. The number of aromatic nitrogens is 3. The summed E-state index contributed by atoms with van der Waals surface area (Å²) in [6.45, 7) is 4.51. The van der Waals surface area contributed by atoms with Crippen LogP contribution in [0, 0.1) is 0 Å². The molecule has 1 N–H and O–H groups in total. The van der Waals surface area contributed by atoms with Crippen LogP contribution in [0.3, 0.4) is 0 Å². The van der Waals surface area contributed by atoms with E-state index in [1.807, 2.05) is 32.8 Å². The molecule has 5 rings (SSSR count). The molecule has 3 atom stereocenters. The first-order valence-electron chi connectivity index (χ1n) is 14.3. The largest absolute Gasteiger partial charge is 0.445 e. The lowest BCUT2D eigenvalue weighted by Gasteiger charge is -2.39. The molecule has 2 aromatic rings. The predicted octanol–water partition coefficient (Wildman–Crippen LogP) is 4.19. The van der Waals surface area contributed by atoms with Crippen LogP contribution in [0.25, 0.3) is 5.65 Å². The van der Waals surface area contributed by atoms with Gasteiger partial charge in [-0.25, -0.2) is 4.79 Å². The van der Waals surface area contributed by atoms with Gasteiger partial charge in [-0.05, 0) is 52.1 Å². The van der Waals surface area contributed by atoms with E-state index in [4.69, 9.17) is 4.74 Å². The van der Waals surface area contributed by atoms with Crippen molar-refractivity contribution in [2.24, 2.45) is 0 Å². The Morgan fingerprint density at radius 1 is 1.20 bits per heavy atom. The van der Waals surface area contributed by atoms with Gasteiger partial charge in [0.05, 0.1) is 6.20 Å². The van der Waals surface area contributed by atoms with Crippen LogP contribution >= 0.6 is 0 Å². The maximum absolute atomic E-state index is 13.2. The monoisotopic (exact) mass is 561 g/mol. The summed E-state index contributed by atoms with van der Waals surface area (Å²) in [5, 5.41) is 7.97. The van der Waals surface area contributed by atoms with Gasteiger partial charge in [-0.1, -0.05) is 26.0 Å². The topological polar surface area (TPSA) is 87.5 Å². The summed E-state index contributed by atoms with van der Waals surface area (Å²) in [5.74, 6) is 0.532. The van der Waals surface area contributed by atoms with E-state index in [-0.39, 0.29) is 42.1 Å². The number of carbonyl (C=O) groups excluding carboxylic acids is 1. The highest BCUT2D eigenvalue weighted by molar-refractivity contribution is 5.69. The second kappa shape index (κ2) is 12.3. The van der Waals surface area contributed by atoms with Crippen LogP contribution in [0.1, 0.15) is 57.4 Å². The van der Waals surface area contributed by atoms with Crippen LogP contribution in [0.5, 0.6) is 5.88 Å². The number of amides is 1. The van der Waals surface area contributed by atoms with Gasteiger partial charge in [0.2, 0.25) is 5.88 Å². The minimum Gasteiger partial charge on any atom is -0.445 e. The molecule has 3 aliphatic rings. The van der Waals surface area contributed by atoms with Gasteiger partial charge in [0, 0.05) is 55.9 Å². The van der Waals surface area contributed by atoms with Crippen molar-refractivity contribution < 1.29 is 23.0 Å². The number of likely N-dealkylation sites (N-methyl/N-ethyl adjacent to an activating group) is 1. The van der Waals surface area contributed by atoms with Crippen molar-refractivity contribution in [1.82, 2.24) is 29.3 Å². The molecule has 12 heteroatoms. The quantitative estimate of drug-likeness (QED) is 0.432. The molecule has 0 aromatic carbocycles. The molecule has 10 nitrogen and oxygen atoms in total. The van der Waals surface area contributed by atoms with E-state index in [0.717, 1.165) is 63.8 Å². The Bertz CT molecular complexity index is 1190. The second-order valence-electron chi connectivity index (χ2n) is 11.7. The van der Waals surface area contributed by atoms with E-state index < -0.39 is 6.61 Å². The molecule has 0 saturated carbocycles. The smallest absolute Gasteiger partial charge is 0.410 e. The zero-order chi connectivity index (χ0) is 28.4. The van der Waals surface area contributed by atoms with E-state index >= 15 is 0 Å². The number of piperidine rings is 1. The fraction of sp³-hybridized carbons (Fsp3) is 0.679. The third-order valence-corrected chi connectivity index (χ3v) is 8.10. The molecule has 3 unspecified atom stereocenters. The first-order chi connectivity index (χ1) is 19.2. The lowest BCUT2D eigenvalue weighted by Crippen LogP contribution is -2.50. The summed E-state index contributed by atoms with van der Waals surface area (Å²) < 4.78 is 38.3. The molecular formula is C28H41F2N7O3. The van der Waals surface area contributed by atoms with E-state index in [0.29, 0.717) is 11.5 Å². The number of anilines is 1. The fourth-order valence-corrected chi connectivity index (χ4v) is 6.19. The molecule has 0 spiro atoms. The predicted molar refractivity (Wildman–Crippen MR) is 148 cm³/mol. The van der Waals surface area contributed by atoms with Crippen LogP contribution in [0.2, 0.25) is 0 Å². The molecule has 3 saturated heterocycles. The number of nitrogens with one attached hydrogen (secondary N) is 1. The van der Waals surface area contributed by atoms with E-state index in [2.05, 4.69) is 42.1 Å². The minimum atomic E-state index is -2.97. The number of carbonyl (C=O) groups is 1. The summed E-state index contributed by atoms with van der Waals surface area (Å²) in [7, 11) is 4.09. The van der Waals surface area contributed by atoms with Gasteiger partial charge in [0.15, 0.2) is 5.65 Å². The van der Waals surface area contributed by atoms with Crippen molar-refractivity contribution in [3.05, 3.63) is 30.0 Å². The second-order valence-corrected chi connectivity index (χ2v) is 11.7. The van der Waals surface area contributed by atoms with Gasteiger partial charge in [-0.3, -0.25) is 4.90 Å². The molecule has 40 heavy (non-hydrogen) atoms. The number of fused-ring (bicyclic) bond motifs is 3. The van der Waals surface area contributed by atoms with Crippen molar-refractivity contribution in [3.8, 4) is 5.88 Å². The van der Waals surface area contributed by atoms with Crippen molar-refractivity contribution in [1.29, 1.82) is 0 Å². The molecule has 0 radical (unpaired) electrons. The maximum Gasteiger partial charge on any atom is 0.410 e. The highest BCUT2D eigenvalue weighted by atomic mass is 19.3. The van der Waals surface area contributed by atoms with Crippen molar-refractivity contribution in [3.63, 3.8) is 0 Å². The number of hydrogen-bond acceptors (Lipinski definition) is 8. The van der Waals surface area contributed by atoms with Crippen LogP contribution in [-0.4, -0.2) is 107 Å². The van der Waals surface area contributed by atoms with Crippen molar-refractivity contribution in [2.75, 3.05) is 45.6 Å². The van der Waals surface area contributed by atoms with Crippen molar-refractivity contribution in [2.45, 2.75) is 82.7 Å². The summed E-state index contributed by atoms with van der Waals surface area (Å²) in [6.07, 6.45) is 9.95. The lowest BCUT2D eigenvalue weighted by molar-refractivity contribution is -0.0527. The van der Waals surface area contributed by atoms with Gasteiger partial charge in [0.1, 0.15) is 11.9 Å². The van der Waals surface area contributed by atoms with Gasteiger partial charge < -0.3 is 24.6 Å². The molecule has 0 aliphatic carbocycles. The maximum atomic E-state index is 13.2. The SMILES string of the molecule is CC(C)c1cnn2c(NC3CC4CCC(C3)N4C(=O)OC3CCN(C/C=C/CN(C)C)C3)cc(OC(F)F)nc12. The standard InChI is InChI=1S/C28H41F2N7O3/c1-18(2)23-16-31-37-24(15-25(33-26(23)37)40-27(29)30)32-19-13-20-7-8-21(14-19)36(20)28(38)39-22-9-12-35(17-22)11-6-5-10-34(3)4/h5-6,15-16,18-22,27,32H,7-14,17H2,1-4H3/b6-5+. The van der Waals surface area contributed by atoms with Crippen LogP contribution in [-0.2, 0) is 4.74 Å². The molecule has 220 valence electrons. The Balaban J connectivity index is 1.20. The summed E-state index contributed by atoms with van der Waals surface area (Å²) in [6, 6.07) is 1.68. The van der Waals surface area contributed by atoms with Gasteiger partial charge in [-0.2, -0.15) is 23.4 Å². The molecule has 2 aromatic heterocycles. The molecule has 1 amide bonds. The first-order valence-corrected chi connectivity index (χ1v) is 14.3. The minimum absolute atomic E-state index is 0.0502. The van der Waals surface area contributed by atoms with Crippen LogP contribution < -0.4 is 10.1 Å². The third kappa shape index (κ3) is 6.49. The Morgan fingerprint density at radius 2 is 1.95 bits per heavy atom. The van der Waals surface area contributed by atoms with Gasteiger partial charge in [-0.15, -0.1) is 0 Å². The number of likely N-dealkylation sites (tertiary alicyclic amines) is 1. The zero-order valence-electron chi connectivity index (χ0n) is 23.8. The Morgan fingerprint density at radius 3 is 2.62 bits per heavy atom. The van der Waals surface area contributed by atoms with Crippen molar-refractivity contribution >= 4 is 17.6 Å². The van der Waals surface area contributed by atoms with Gasteiger partial charge >= 0.3 is 12.7 Å². The average molecular weight is 562 g/mol.